The largest absolute Gasteiger partial charge is 0.423 e. The highest BCUT2D eigenvalue weighted by molar-refractivity contribution is 14.1. The molecule has 0 aliphatic carbocycles. The van der Waals surface area contributed by atoms with Crippen LogP contribution in [0.1, 0.15) is 10.4 Å². The third-order valence-corrected chi connectivity index (χ3v) is 10.7. The minimum absolute atomic E-state index is 0.257. The summed E-state index contributed by atoms with van der Waals surface area (Å²) in [4.78, 5) is 16.0. The fourth-order valence-electron chi connectivity index (χ4n) is 3.05. The van der Waals surface area contributed by atoms with E-state index in [0.717, 1.165) is 25.4 Å². The highest BCUT2D eigenvalue weighted by atomic mass is 127. The molecule has 0 bridgehead atoms. The molecule has 160 valence electrons. The molecule has 4 aromatic rings. The Labute approximate surface area is 229 Å². The molecule has 4 aromatic carbocycles. The number of ether oxygens (including phenoxy) is 1. The van der Waals surface area contributed by atoms with Gasteiger partial charge in [0.15, 0.2) is 14.7 Å². The Kier molecular flexibility index (Phi) is 8.11. The summed E-state index contributed by atoms with van der Waals surface area (Å²) in [6.07, 6.45) is 0. The van der Waals surface area contributed by atoms with Crippen LogP contribution in [0.2, 0.25) is 0 Å². The number of esters is 1. The summed E-state index contributed by atoms with van der Waals surface area (Å²) in [5.74, 6) is -0.141. The van der Waals surface area contributed by atoms with Crippen molar-refractivity contribution < 1.29 is 13.9 Å². The van der Waals surface area contributed by atoms with E-state index in [0.29, 0.717) is 11.3 Å². The molecule has 0 aromatic heterocycles. The normalized spacial score (nSPS) is 11.8. The van der Waals surface area contributed by atoms with Gasteiger partial charge < -0.3 is 4.74 Å². The van der Waals surface area contributed by atoms with Crippen molar-refractivity contribution in [2.24, 2.45) is 0 Å². The Bertz CT molecular complexity index is 1250. The fraction of sp³-hybridized carbons (Fsp3) is 0. The van der Waals surface area contributed by atoms with Crippen LogP contribution in [0.15, 0.2) is 106 Å². The molecule has 0 radical (unpaired) electrons. The molecule has 1 atom stereocenters. The minimum atomic E-state index is -0.401. The highest BCUT2D eigenvalue weighted by Gasteiger charge is 2.28. The monoisotopic (exact) mass is 779 g/mol. The van der Waals surface area contributed by atoms with E-state index in [1.165, 1.54) is 12.1 Å². The molecule has 0 heterocycles. The lowest BCUT2D eigenvalue weighted by molar-refractivity contribution is 0.0732. The number of benzene rings is 4. The molecule has 0 N–H and O–H groups in total. The number of halogens is 4. The Morgan fingerprint density at radius 3 is 1.84 bits per heavy atom. The van der Waals surface area contributed by atoms with Crippen LogP contribution in [-0.2, 0) is 10.9 Å². The van der Waals surface area contributed by atoms with Gasteiger partial charge in [0.1, 0.15) is 11.6 Å². The van der Waals surface area contributed by atoms with Crippen LogP contribution in [0.4, 0.5) is 4.39 Å². The molecule has 32 heavy (non-hydrogen) atoms. The van der Waals surface area contributed by atoms with Crippen LogP contribution in [0, 0.1) is 16.5 Å². The zero-order chi connectivity index (χ0) is 22.7. The van der Waals surface area contributed by atoms with Gasteiger partial charge in [0.2, 0.25) is 0 Å². The number of hydrogen-bond donors (Lipinski definition) is 0. The van der Waals surface area contributed by atoms with E-state index in [9.17, 15) is 9.18 Å². The quantitative estimate of drug-likeness (QED) is 0.0677. The smallest absolute Gasteiger partial charge is 0.345 e. The highest BCUT2D eigenvalue weighted by Crippen LogP contribution is 2.32. The minimum Gasteiger partial charge on any atom is -0.423 e. The number of carbonyl (C=O) groups is 1. The fourth-order valence-corrected chi connectivity index (χ4v) is 7.44. The molecule has 7 heteroatoms. The van der Waals surface area contributed by atoms with Crippen LogP contribution in [0.25, 0.3) is 0 Å². The van der Waals surface area contributed by atoms with Gasteiger partial charge in [-0.1, -0.05) is 18.2 Å². The maximum atomic E-state index is 13.5. The van der Waals surface area contributed by atoms with E-state index >= 15 is 0 Å². The summed E-state index contributed by atoms with van der Waals surface area (Å²) in [7, 11) is -0.401. The van der Waals surface area contributed by atoms with Crippen molar-refractivity contribution in [1.82, 2.24) is 0 Å². The second-order valence-electron chi connectivity index (χ2n) is 6.65. The molecule has 1 unspecified atom stereocenters. The lowest BCUT2D eigenvalue weighted by Gasteiger charge is -2.11. The zero-order valence-electron chi connectivity index (χ0n) is 16.4. The Balaban J connectivity index is 1.63. The van der Waals surface area contributed by atoms with Gasteiger partial charge in [0.25, 0.3) is 0 Å². The van der Waals surface area contributed by atoms with Gasteiger partial charge in [0.05, 0.1) is 16.5 Å². The Hall–Kier alpha value is -1.18. The van der Waals surface area contributed by atoms with Gasteiger partial charge in [-0.15, -0.1) is 0 Å². The summed E-state index contributed by atoms with van der Waals surface area (Å²) >= 11 is 6.55. The molecule has 0 spiro atoms. The molecule has 2 nitrogen and oxygen atoms in total. The molecule has 0 amide bonds. The molecule has 4 rings (SSSR count). The van der Waals surface area contributed by atoms with E-state index in [-0.39, 0.29) is 11.8 Å². The Morgan fingerprint density at radius 1 is 0.688 bits per heavy atom. The number of hydrogen-bond acceptors (Lipinski definition) is 2. The standard InChI is InChI=1S/C25H15FI3O2S/c26-16-6-10-19(11-7-16)32(18-4-2-1-3-5-18)20-12-8-17(9-13-20)31-25(30)23-21(27)14-15-22(28)24(23)29/h1-15H/q+1. The van der Waals surface area contributed by atoms with Crippen LogP contribution in [0.3, 0.4) is 0 Å². The second kappa shape index (κ2) is 10.8. The third kappa shape index (κ3) is 5.48. The molecule has 0 saturated heterocycles. The third-order valence-electron chi connectivity index (χ3n) is 4.55. The topological polar surface area (TPSA) is 26.3 Å². The van der Waals surface area contributed by atoms with Gasteiger partial charge in [-0.2, -0.15) is 0 Å². The van der Waals surface area contributed by atoms with Crippen molar-refractivity contribution in [2.45, 2.75) is 14.7 Å². The van der Waals surface area contributed by atoms with E-state index < -0.39 is 10.9 Å². The lowest BCUT2D eigenvalue weighted by Crippen LogP contribution is -2.13. The first-order valence-electron chi connectivity index (χ1n) is 9.44. The summed E-state index contributed by atoms with van der Waals surface area (Å²) in [6, 6.07) is 28.2. The van der Waals surface area contributed by atoms with E-state index in [1.807, 2.05) is 66.7 Å². The SMILES string of the molecule is O=C(Oc1ccc([S+](c2ccccc2)c2ccc(F)cc2)cc1)c1c(I)ccc(I)c1I. The first-order valence-corrected chi connectivity index (χ1v) is 13.9. The van der Waals surface area contributed by atoms with Gasteiger partial charge >= 0.3 is 5.97 Å². The lowest BCUT2D eigenvalue weighted by atomic mass is 10.2. The van der Waals surface area contributed by atoms with E-state index in [1.54, 1.807) is 0 Å². The molecular formula is C25H15FI3O2S+. The summed E-state index contributed by atoms with van der Waals surface area (Å²) in [6.45, 7) is 0. The van der Waals surface area contributed by atoms with Crippen molar-refractivity contribution in [3.05, 3.63) is 113 Å². The van der Waals surface area contributed by atoms with Crippen LogP contribution in [-0.4, -0.2) is 5.97 Å². The molecule has 0 saturated carbocycles. The van der Waals surface area contributed by atoms with Gasteiger partial charge in [-0.25, -0.2) is 9.18 Å². The Morgan fingerprint density at radius 2 is 1.22 bits per heavy atom. The van der Waals surface area contributed by atoms with Crippen molar-refractivity contribution in [3.8, 4) is 5.75 Å². The van der Waals surface area contributed by atoms with Crippen LogP contribution >= 0.6 is 67.8 Å². The summed E-state index contributed by atoms with van der Waals surface area (Å²) < 4.78 is 21.9. The second-order valence-corrected chi connectivity index (χ2v) is 12.1. The van der Waals surface area contributed by atoms with Crippen molar-refractivity contribution in [1.29, 1.82) is 0 Å². The summed E-state index contributed by atoms with van der Waals surface area (Å²) in [5.41, 5.74) is 0.581. The molecule has 0 fully saturated rings. The van der Waals surface area contributed by atoms with Crippen molar-refractivity contribution in [3.63, 3.8) is 0 Å². The zero-order valence-corrected chi connectivity index (χ0v) is 23.7. The number of carbonyl (C=O) groups excluding carboxylic acids is 1. The van der Waals surface area contributed by atoms with E-state index in [2.05, 4.69) is 79.9 Å². The average molecular weight is 779 g/mol. The average Bonchev–Trinajstić information content (AvgIpc) is 2.80. The predicted octanol–water partition coefficient (Wildman–Crippen LogP) is 7.95. The van der Waals surface area contributed by atoms with Gasteiger partial charge in [0, 0.05) is 10.7 Å². The molecular weight excluding hydrogens is 764 g/mol. The van der Waals surface area contributed by atoms with E-state index in [4.69, 9.17) is 4.74 Å². The van der Waals surface area contributed by atoms with Crippen LogP contribution < -0.4 is 4.74 Å². The summed E-state index contributed by atoms with van der Waals surface area (Å²) in [5, 5.41) is 0. The first-order chi connectivity index (χ1) is 15.4. The first kappa shape index (κ1) is 24.0. The maximum absolute atomic E-state index is 13.5. The van der Waals surface area contributed by atoms with Gasteiger partial charge in [-0.05, 0) is 141 Å². The van der Waals surface area contributed by atoms with Crippen LogP contribution in [0.5, 0.6) is 5.75 Å². The molecule has 0 aliphatic rings. The van der Waals surface area contributed by atoms with Crippen molar-refractivity contribution >= 4 is 84.6 Å². The molecule has 0 aliphatic heterocycles. The van der Waals surface area contributed by atoms with Crippen molar-refractivity contribution in [2.75, 3.05) is 0 Å². The number of rotatable bonds is 5. The van der Waals surface area contributed by atoms with Gasteiger partial charge in [-0.3, -0.25) is 0 Å². The maximum Gasteiger partial charge on any atom is 0.345 e. The predicted molar refractivity (Wildman–Crippen MR) is 151 cm³/mol.